The molecule has 27 heavy (non-hydrogen) atoms. The molecule has 4 rings (SSSR count). The summed E-state index contributed by atoms with van der Waals surface area (Å²) in [5.41, 5.74) is -0.273. The van der Waals surface area contributed by atoms with Crippen molar-refractivity contribution in [2.75, 3.05) is 0 Å². The molecule has 6 atom stereocenters. The third kappa shape index (κ3) is 3.82. The maximum Gasteiger partial charge on any atom is 0.310 e. The molecular formula is C23H34O4. The van der Waals surface area contributed by atoms with Crippen LogP contribution in [0.25, 0.3) is 0 Å². The Hall–Kier alpha value is -1.32. The van der Waals surface area contributed by atoms with Crippen LogP contribution in [0.15, 0.2) is 12.2 Å². The smallest absolute Gasteiger partial charge is 0.310 e. The Bertz CT molecular complexity index is 603. The van der Waals surface area contributed by atoms with Crippen molar-refractivity contribution in [2.24, 2.45) is 29.6 Å². The fourth-order valence-corrected chi connectivity index (χ4v) is 6.53. The van der Waals surface area contributed by atoms with E-state index >= 15 is 0 Å². The Morgan fingerprint density at radius 1 is 1.07 bits per heavy atom. The summed E-state index contributed by atoms with van der Waals surface area (Å²) in [5.74, 6) is 2.82. The van der Waals surface area contributed by atoms with E-state index in [-0.39, 0.29) is 36.0 Å². The first-order valence-corrected chi connectivity index (χ1v) is 11.1. The van der Waals surface area contributed by atoms with Gasteiger partial charge in [0, 0.05) is 6.92 Å². The van der Waals surface area contributed by atoms with Crippen molar-refractivity contribution >= 4 is 11.9 Å². The fourth-order valence-electron chi connectivity index (χ4n) is 6.53. The van der Waals surface area contributed by atoms with Gasteiger partial charge in [-0.2, -0.15) is 0 Å². The molecule has 0 aromatic heterocycles. The minimum absolute atomic E-state index is 0.181. The van der Waals surface area contributed by atoms with Crippen LogP contribution in [0.1, 0.15) is 78.1 Å². The quantitative estimate of drug-likeness (QED) is 0.494. The van der Waals surface area contributed by atoms with E-state index in [2.05, 4.69) is 19.1 Å². The largest absolute Gasteiger partial charge is 0.462 e. The molecular weight excluding hydrogens is 340 g/mol. The topological polar surface area (TPSA) is 52.6 Å². The predicted molar refractivity (Wildman–Crippen MR) is 103 cm³/mol. The molecule has 0 amide bonds. The molecule has 4 aliphatic carbocycles. The van der Waals surface area contributed by atoms with E-state index in [0.717, 1.165) is 56.8 Å². The zero-order chi connectivity index (χ0) is 19.0. The zero-order valence-corrected chi connectivity index (χ0v) is 16.8. The van der Waals surface area contributed by atoms with Gasteiger partial charge in [-0.25, -0.2) is 0 Å². The highest BCUT2D eigenvalue weighted by atomic mass is 16.6. The lowest BCUT2D eigenvalue weighted by atomic mass is 9.68. The van der Waals surface area contributed by atoms with Crippen molar-refractivity contribution in [1.82, 2.24) is 0 Å². The molecule has 0 N–H and O–H groups in total. The lowest BCUT2D eigenvalue weighted by Crippen LogP contribution is -2.38. The number of carbonyl (C=O) groups is 2. The van der Waals surface area contributed by atoms with Gasteiger partial charge in [-0.05, 0) is 87.4 Å². The third-order valence-electron chi connectivity index (χ3n) is 7.95. The SMILES string of the molecule is CCC1(OC(=O)CC(OC(C)=O)C2CCC3C4C=CC(C4)C3C2)CCCC1. The Labute approximate surface area is 163 Å². The maximum absolute atomic E-state index is 12.7. The number of allylic oxidation sites excluding steroid dienone is 2. The molecule has 0 aliphatic heterocycles. The predicted octanol–water partition coefficient (Wildman–Crippen LogP) is 4.81. The van der Waals surface area contributed by atoms with Gasteiger partial charge >= 0.3 is 11.9 Å². The Kier molecular flexibility index (Phi) is 5.35. The van der Waals surface area contributed by atoms with E-state index < -0.39 is 0 Å². The minimum Gasteiger partial charge on any atom is -0.462 e. The van der Waals surface area contributed by atoms with Crippen LogP contribution in [0, 0.1) is 29.6 Å². The lowest BCUT2D eigenvalue weighted by molar-refractivity contribution is -0.167. The van der Waals surface area contributed by atoms with Crippen LogP contribution in [0.5, 0.6) is 0 Å². The van der Waals surface area contributed by atoms with Gasteiger partial charge in [0.2, 0.25) is 0 Å². The summed E-state index contributed by atoms with van der Waals surface area (Å²) in [6.45, 7) is 3.56. The van der Waals surface area contributed by atoms with Crippen LogP contribution in [0.2, 0.25) is 0 Å². The molecule has 4 aliphatic rings. The number of rotatable bonds is 6. The van der Waals surface area contributed by atoms with E-state index in [1.165, 1.54) is 19.8 Å². The molecule has 0 heterocycles. The molecule has 4 heteroatoms. The summed E-state index contributed by atoms with van der Waals surface area (Å²) in [6, 6.07) is 0. The zero-order valence-electron chi connectivity index (χ0n) is 16.8. The van der Waals surface area contributed by atoms with Crippen LogP contribution in [0.3, 0.4) is 0 Å². The number of hydrogen-bond acceptors (Lipinski definition) is 4. The molecule has 0 radical (unpaired) electrons. The van der Waals surface area contributed by atoms with E-state index in [1.807, 2.05) is 0 Å². The van der Waals surface area contributed by atoms with E-state index in [4.69, 9.17) is 9.47 Å². The van der Waals surface area contributed by atoms with Gasteiger partial charge in [0.1, 0.15) is 11.7 Å². The number of ether oxygens (including phenoxy) is 2. The molecule has 0 saturated heterocycles. The normalized spacial score (nSPS) is 37.0. The van der Waals surface area contributed by atoms with E-state index in [1.54, 1.807) is 0 Å². The minimum atomic E-state index is -0.325. The molecule has 0 spiro atoms. The van der Waals surface area contributed by atoms with Gasteiger partial charge in [-0.15, -0.1) is 0 Å². The summed E-state index contributed by atoms with van der Waals surface area (Å²) in [6.07, 6.45) is 14.4. The Morgan fingerprint density at radius 2 is 1.78 bits per heavy atom. The molecule has 2 bridgehead atoms. The summed E-state index contributed by atoms with van der Waals surface area (Å²) >= 11 is 0. The Morgan fingerprint density at radius 3 is 2.44 bits per heavy atom. The summed E-state index contributed by atoms with van der Waals surface area (Å²) in [4.78, 5) is 24.4. The number of hydrogen-bond donors (Lipinski definition) is 0. The average molecular weight is 375 g/mol. The molecule has 6 unspecified atom stereocenters. The molecule has 3 fully saturated rings. The number of esters is 2. The van der Waals surface area contributed by atoms with Gasteiger partial charge < -0.3 is 9.47 Å². The Balaban J connectivity index is 1.40. The van der Waals surface area contributed by atoms with E-state index in [9.17, 15) is 9.59 Å². The third-order valence-corrected chi connectivity index (χ3v) is 7.95. The standard InChI is InChI=1S/C23H34O4/c1-3-23(10-4-5-11-23)27-22(25)14-21(26-15(2)24)18-8-9-19-16-6-7-17(12-16)20(19)13-18/h6-7,16-21H,3-5,8-14H2,1-2H3. The van der Waals surface area contributed by atoms with Gasteiger partial charge in [0.15, 0.2) is 0 Å². The summed E-state index contributed by atoms with van der Waals surface area (Å²) in [7, 11) is 0. The van der Waals surface area contributed by atoms with Crippen LogP contribution in [-0.4, -0.2) is 23.6 Å². The van der Waals surface area contributed by atoms with Gasteiger partial charge in [0.25, 0.3) is 0 Å². The summed E-state index contributed by atoms with van der Waals surface area (Å²) < 4.78 is 11.6. The first kappa shape index (κ1) is 19.0. The van der Waals surface area contributed by atoms with Crippen molar-refractivity contribution in [3.63, 3.8) is 0 Å². The molecule has 4 nitrogen and oxygen atoms in total. The first-order valence-electron chi connectivity index (χ1n) is 11.1. The van der Waals surface area contributed by atoms with Crippen molar-refractivity contribution < 1.29 is 19.1 Å². The second kappa shape index (κ2) is 7.60. The second-order valence-corrected chi connectivity index (χ2v) is 9.42. The molecule has 3 saturated carbocycles. The van der Waals surface area contributed by atoms with Crippen LogP contribution < -0.4 is 0 Å². The van der Waals surface area contributed by atoms with Crippen LogP contribution in [0.4, 0.5) is 0 Å². The fraction of sp³-hybridized carbons (Fsp3) is 0.826. The maximum atomic E-state index is 12.7. The van der Waals surface area contributed by atoms with Crippen molar-refractivity contribution in [1.29, 1.82) is 0 Å². The molecule has 150 valence electrons. The first-order chi connectivity index (χ1) is 13.0. The molecule has 0 aromatic rings. The average Bonchev–Trinajstić information content (AvgIpc) is 3.37. The van der Waals surface area contributed by atoms with Gasteiger partial charge in [-0.3, -0.25) is 9.59 Å². The van der Waals surface area contributed by atoms with Gasteiger partial charge in [0.05, 0.1) is 6.42 Å². The van der Waals surface area contributed by atoms with E-state index in [0.29, 0.717) is 11.8 Å². The summed E-state index contributed by atoms with van der Waals surface area (Å²) in [5, 5.41) is 0. The van der Waals surface area contributed by atoms with Crippen molar-refractivity contribution in [2.45, 2.75) is 89.8 Å². The second-order valence-electron chi connectivity index (χ2n) is 9.42. The monoisotopic (exact) mass is 374 g/mol. The van der Waals surface area contributed by atoms with Crippen molar-refractivity contribution in [3.8, 4) is 0 Å². The lowest BCUT2D eigenvalue weighted by Gasteiger charge is -2.39. The van der Waals surface area contributed by atoms with Crippen LogP contribution in [-0.2, 0) is 19.1 Å². The molecule has 0 aromatic carbocycles. The number of carbonyl (C=O) groups excluding carboxylic acids is 2. The highest BCUT2D eigenvalue weighted by Crippen LogP contribution is 2.55. The highest BCUT2D eigenvalue weighted by Gasteiger charge is 2.48. The number of fused-ring (bicyclic) bond motifs is 5. The van der Waals surface area contributed by atoms with Gasteiger partial charge in [-0.1, -0.05) is 19.1 Å². The van der Waals surface area contributed by atoms with Crippen molar-refractivity contribution in [3.05, 3.63) is 12.2 Å². The highest BCUT2D eigenvalue weighted by molar-refractivity contribution is 5.72. The van der Waals surface area contributed by atoms with Crippen LogP contribution >= 0.6 is 0 Å².